The second-order valence-corrected chi connectivity index (χ2v) is 8.64. The highest BCUT2D eigenvalue weighted by Crippen LogP contribution is 2.38. The predicted molar refractivity (Wildman–Crippen MR) is 129 cm³/mol. The number of aryl methyl sites for hydroxylation is 1. The molecule has 1 N–H and O–H groups in total. The first-order valence-corrected chi connectivity index (χ1v) is 11.0. The molecule has 0 saturated heterocycles. The highest BCUT2D eigenvalue weighted by atomic mass is 16.5. The fourth-order valence-electron chi connectivity index (χ4n) is 3.71. The van der Waals surface area contributed by atoms with Crippen LogP contribution in [0.1, 0.15) is 31.4 Å². The number of fused-ring (bicyclic) bond motifs is 1. The van der Waals surface area contributed by atoms with Crippen molar-refractivity contribution in [3.05, 3.63) is 83.9 Å². The fraction of sp³-hybridized carbons (Fsp3) is 0.259. The second kappa shape index (κ2) is 9.36. The van der Waals surface area contributed by atoms with Crippen molar-refractivity contribution >= 4 is 23.2 Å². The van der Waals surface area contributed by atoms with Gasteiger partial charge in [0.25, 0.3) is 5.91 Å². The molecule has 0 aliphatic carbocycles. The van der Waals surface area contributed by atoms with E-state index in [0.717, 1.165) is 16.9 Å². The van der Waals surface area contributed by atoms with Crippen LogP contribution in [0.25, 0.3) is 0 Å². The standard InChI is InChI=1S/C27H28N2O4/c1-19-9-14-24-23(17-19)29(26(31)27(2,3)33-24)16-15-25(30)28-21-10-12-22(13-11-21)32-18-20-7-5-4-6-8-20/h4-14,17H,15-16,18H2,1-3H3,(H,28,30). The number of nitrogens with zero attached hydrogens (tertiary/aromatic N) is 1. The van der Waals surface area contributed by atoms with E-state index in [1.165, 1.54) is 0 Å². The lowest BCUT2D eigenvalue weighted by molar-refractivity contribution is -0.132. The molecule has 2 amide bonds. The van der Waals surface area contributed by atoms with Gasteiger partial charge < -0.3 is 19.7 Å². The lowest BCUT2D eigenvalue weighted by Gasteiger charge is -2.38. The number of carbonyl (C=O) groups excluding carboxylic acids is 2. The van der Waals surface area contributed by atoms with Gasteiger partial charge in [0.2, 0.25) is 5.91 Å². The quantitative estimate of drug-likeness (QED) is 0.550. The summed E-state index contributed by atoms with van der Waals surface area (Å²) in [5.41, 5.74) is 2.51. The Balaban J connectivity index is 1.34. The number of anilines is 2. The Hall–Kier alpha value is -3.80. The van der Waals surface area contributed by atoms with Gasteiger partial charge in [0, 0.05) is 18.7 Å². The number of benzene rings is 3. The minimum absolute atomic E-state index is 0.159. The zero-order chi connectivity index (χ0) is 23.4. The Bertz CT molecular complexity index is 1140. The number of hydrogen-bond donors (Lipinski definition) is 1. The lowest BCUT2D eigenvalue weighted by atomic mass is 10.0. The van der Waals surface area contributed by atoms with Crippen LogP contribution in [0.2, 0.25) is 0 Å². The van der Waals surface area contributed by atoms with E-state index in [0.29, 0.717) is 23.7 Å². The molecule has 1 heterocycles. The van der Waals surface area contributed by atoms with Crippen molar-refractivity contribution in [1.29, 1.82) is 0 Å². The monoisotopic (exact) mass is 444 g/mol. The Morgan fingerprint density at radius 3 is 2.48 bits per heavy atom. The average molecular weight is 445 g/mol. The zero-order valence-corrected chi connectivity index (χ0v) is 19.1. The van der Waals surface area contributed by atoms with Gasteiger partial charge in [-0.15, -0.1) is 0 Å². The van der Waals surface area contributed by atoms with E-state index in [9.17, 15) is 9.59 Å². The minimum Gasteiger partial charge on any atom is -0.489 e. The van der Waals surface area contributed by atoms with Gasteiger partial charge >= 0.3 is 0 Å². The number of amides is 2. The van der Waals surface area contributed by atoms with Crippen molar-refractivity contribution < 1.29 is 19.1 Å². The molecule has 1 aliphatic rings. The summed E-state index contributed by atoms with van der Waals surface area (Å²) in [6.45, 7) is 6.20. The summed E-state index contributed by atoms with van der Waals surface area (Å²) in [5.74, 6) is 1.05. The summed E-state index contributed by atoms with van der Waals surface area (Å²) in [4.78, 5) is 27.2. The number of carbonyl (C=O) groups is 2. The molecule has 3 aromatic carbocycles. The second-order valence-electron chi connectivity index (χ2n) is 8.64. The van der Waals surface area contributed by atoms with Crippen molar-refractivity contribution in [3.63, 3.8) is 0 Å². The molecule has 0 unspecified atom stereocenters. The van der Waals surface area contributed by atoms with E-state index in [1.807, 2.05) is 67.6 Å². The molecule has 0 saturated carbocycles. The molecule has 6 nitrogen and oxygen atoms in total. The van der Waals surface area contributed by atoms with Gasteiger partial charge in [-0.3, -0.25) is 9.59 Å². The van der Waals surface area contributed by atoms with Crippen LogP contribution in [0, 0.1) is 6.92 Å². The summed E-state index contributed by atoms with van der Waals surface area (Å²) in [6, 6.07) is 22.9. The van der Waals surface area contributed by atoms with Gasteiger partial charge in [0.1, 0.15) is 18.1 Å². The van der Waals surface area contributed by atoms with Gasteiger partial charge in [0.05, 0.1) is 5.69 Å². The minimum atomic E-state index is -0.978. The van der Waals surface area contributed by atoms with Crippen molar-refractivity contribution in [1.82, 2.24) is 0 Å². The molecule has 0 bridgehead atoms. The summed E-state index contributed by atoms with van der Waals surface area (Å²) in [6.07, 6.45) is 0.168. The van der Waals surface area contributed by atoms with E-state index in [2.05, 4.69) is 5.32 Å². The predicted octanol–water partition coefficient (Wildman–Crippen LogP) is 5.11. The summed E-state index contributed by atoms with van der Waals surface area (Å²) < 4.78 is 11.7. The van der Waals surface area contributed by atoms with Gasteiger partial charge in [0.15, 0.2) is 5.60 Å². The smallest absolute Gasteiger partial charge is 0.270 e. The van der Waals surface area contributed by atoms with Crippen LogP contribution >= 0.6 is 0 Å². The molecular weight excluding hydrogens is 416 g/mol. The summed E-state index contributed by atoms with van der Waals surface area (Å²) in [5, 5.41) is 2.89. The van der Waals surface area contributed by atoms with Crippen LogP contribution in [0.15, 0.2) is 72.8 Å². The molecule has 3 aromatic rings. The lowest BCUT2D eigenvalue weighted by Crippen LogP contribution is -2.53. The van der Waals surface area contributed by atoms with Gasteiger partial charge in [-0.05, 0) is 68.3 Å². The Morgan fingerprint density at radius 1 is 1.03 bits per heavy atom. The van der Waals surface area contributed by atoms with Crippen LogP contribution in [-0.4, -0.2) is 24.0 Å². The molecule has 0 radical (unpaired) electrons. The largest absolute Gasteiger partial charge is 0.489 e. The molecule has 0 atom stereocenters. The number of hydrogen-bond acceptors (Lipinski definition) is 4. The van der Waals surface area contributed by atoms with Crippen LogP contribution in [0.3, 0.4) is 0 Å². The van der Waals surface area contributed by atoms with E-state index in [1.54, 1.807) is 30.9 Å². The molecule has 0 aromatic heterocycles. The molecule has 170 valence electrons. The van der Waals surface area contributed by atoms with Crippen molar-refractivity contribution in [2.24, 2.45) is 0 Å². The van der Waals surface area contributed by atoms with Crippen LogP contribution in [0.5, 0.6) is 11.5 Å². The normalized spacial score (nSPS) is 14.3. The summed E-state index contributed by atoms with van der Waals surface area (Å²) in [7, 11) is 0. The Morgan fingerprint density at radius 2 is 1.76 bits per heavy atom. The van der Waals surface area contributed by atoms with Crippen LogP contribution in [0.4, 0.5) is 11.4 Å². The van der Waals surface area contributed by atoms with Gasteiger partial charge in [-0.1, -0.05) is 36.4 Å². The molecule has 33 heavy (non-hydrogen) atoms. The maximum Gasteiger partial charge on any atom is 0.270 e. The molecule has 0 spiro atoms. The topological polar surface area (TPSA) is 67.9 Å². The molecule has 4 rings (SSSR count). The average Bonchev–Trinajstić information content (AvgIpc) is 2.80. The fourth-order valence-corrected chi connectivity index (χ4v) is 3.71. The van der Waals surface area contributed by atoms with E-state index in [4.69, 9.17) is 9.47 Å². The number of nitrogens with one attached hydrogen (secondary N) is 1. The molecular formula is C27H28N2O4. The molecule has 6 heteroatoms. The first-order valence-electron chi connectivity index (χ1n) is 11.0. The van der Waals surface area contributed by atoms with E-state index in [-0.39, 0.29) is 24.8 Å². The van der Waals surface area contributed by atoms with Crippen molar-refractivity contribution in [2.45, 2.75) is 39.4 Å². The van der Waals surface area contributed by atoms with E-state index < -0.39 is 5.60 Å². The Kier molecular flexibility index (Phi) is 6.36. The molecule has 0 fully saturated rings. The molecule has 1 aliphatic heterocycles. The van der Waals surface area contributed by atoms with Crippen LogP contribution < -0.4 is 19.7 Å². The van der Waals surface area contributed by atoms with E-state index >= 15 is 0 Å². The first-order chi connectivity index (χ1) is 15.8. The maximum absolute atomic E-state index is 12.9. The van der Waals surface area contributed by atoms with Gasteiger partial charge in [-0.2, -0.15) is 0 Å². The van der Waals surface area contributed by atoms with Gasteiger partial charge in [-0.25, -0.2) is 0 Å². The number of ether oxygens (including phenoxy) is 2. The first kappa shape index (κ1) is 22.4. The maximum atomic E-state index is 12.9. The summed E-state index contributed by atoms with van der Waals surface area (Å²) >= 11 is 0. The highest BCUT2D eigenvalue weighted by Gasteiger charge is 2.40. The van der Waals surface area contributed by atoms with Crippen molar-refractivity contribution in [3.8, 4) is 11.5 Å². The third kappa shape index (κ3) is 5.34. The third-order valence-corrected chi connectivity index (χ3v) is 5.48. The Labute approximate surface area is 194 Å². The van der Waals surface area contributed by atoms with Crippen molar-refractivity contribution in [2.75, 3.05) is 16.8 Å². The third-order valence-electron chi connectivity index (χ3n) is 5.48. The number of rotatable bonds is 7. The zero-order valence-electron chi connectivity index (χ0n) is 19.1. The SMILES string of the molecule is Cc1ccc2c(c1)N(CCC(=O)Nc1ccc(OCc3ccccc3)cc1)C(=O)C(C)(C)O2. The van der Waals surface area contributed by atoms with Crippen LogP contribution in [-0.2, 0) is 16.2 Å². The highest BCUT2D eigenvalue weighted by molar-refractivity contribution is 6.03.